The molecule has 4 nitrogen and oxygen atoms in total. The molecule has 0 radical (unpaired) electrons. The Kier molecular flexibility index (Phi) is 4.18. The fourth-order valence-electron chi connectivity index (χ4n) is 1.95. The summed E-state index contributed by atoms with van der Waals surface area (Å²) in [7, 11) is 0. The molecule has 0 heterocycles. The zero-order chi connectivity index (χ0) is 9.68. The number of hydrazine groups is 1. The van der Waals surface area contributed by atoms with Crippen molar-refractivity contribution in [3.63, 3.8) is 0 Å². The maximum absolute atomic E-state index is 11.3. The third-order valence-corrected chi connectivity index (χ3v) is 2.80. The lowest BCUT2D eigenvalue weighted by Crippen LogP contribution is -2.44. The molecule has 1 amide bonds. The molecular formula is C9H19N3O. The quantitative estimate of drug-likeness (QED) is 0.312. The van der Waals surface area contributed by atoms with E-state index in [1.807, 2.05) is 0 Å². The molecule has 5 N–H and O–H groups in total. The summed E-state index contributed by atoms with van der Waals surface area (Å²) in [6.45, 7) is 0. The van der Waals surface area contributed by atoms with Crippen LogP contribution >= 0.6 is 0 Å². The van der Waals surface area contributed by atoms with Gasteiger partial charge in [0.2, 0.25) is 5.91 Å². The van der Waals surface area contributed by atoms with Gasteiger partial charge in [0.25, 0.3) is 0 Å². The van der Waals surface area contributed by atoms with E-state index in [2.05, 4.69) is 5.43 Å². The van der Waals surface area contributed by atoms with Gasteiger partial charge in [-0.1, -0.05) is 25.7 Å². The van der Waals surface area contributed by atoms with Crippen LogP contribution in [0.2, 0.25) is 0 Å². The molecule has 1 aliphatic rings. The molecule has 1 rings (SSSR count). The van der Waals surface area contributed by atoms with Gasteiger partial charge in [0.1, 0.15) is 0 Å². The smallest absolute Gasteiger partial charge is 0.238 e. The SMILES string of the molecule is NNC(=O)C1CCCCCCC1N. The molecule has 76 valence electrons. The summed E-state index contributed by atoms with van der Waals surface area (Å²) in [6.07, 6.45) is 6.50. The van der Waals surface area contributed by atoms with Gasteiger partial charge in [0.05, 0.1) is 5.92 Å². The summed E-state index contributed by atoms with van der Waals surface area (Å²) in [4.78, 5) is 11.3. The predicted octanol–water partition coefficient (Wildman–Crippen LogP) is 0.274. The fourth-order valence-corrected chi connectivity index (χ4v) is 1.95. The van der Waals surface area contributed by atoms with E-state index in [0.29, 0.717) is 0 Å². The van der Waals surface area contributed by atoms with Crippen LogP contribution in [0.3, 0.4) is 0 Å². The molecule has 0 bridgehead atoms. The molecule has 1 fully saturated rings. The summed E-state index contributed by atoms with van der Waals surface area (Å²) < 4.78 is 0. The van der Waals surface area contributed by atoms with E-state index >= 15 is 0 Å². The summed E-state index contributed by atoms with van der Waals surface area (Å²) in [5, 5.41) is 0. The van der Waals surface area contributed by atoms with Gasteiger partial charge in [-0.3, -0.25) is 10.2 Å². The van der Waals surface area contributed by atoms with Gasteiger partial charge < -0.3 is 5.73 Å². The molecule has 1 saturated carbocycles. The second-order valence-electron chi connectivity index (χ2n) is 3.77. The van der Waals surface area contributed by atoms with Crippen molar-refractivity contribution in [3.8, 4) is 0 Å². The lowest BCUT2D eigenvalue weighted by molar-refractivity contribution is -0.126. The van der Waals surface area contributed by atoms with E-state index < -0.39 is 0 Å². The van der Waals surface area contributed by atoms with Gasteiger partial charge in [-0.25, -0.2) is 5.84 Å². The summed E-state index contributed by atoms with van der Waals surface area (Å²) in [6, 6.07) is -0.0103. The first-order valence-corrected chi connectivity index (χ1v) is 5.01. The van der Waals surface area contributed by atoms with Crippen molar-refractivity contribution in [3.05, 3.63) is 0 Å². The minimum absolute atomic E-state index is 0.0103. The van der Waals surface area contributed by atoms with Gasteiger partial charge in [-0.15, -0.1) is 0 Å². The summed E-state index contributed by atoms with van der Waals surface area (Å²) in [5.41, 5.74) is 8.10. The molecule has 0 aromatic heterocycles. The van der Waals surface area contributed by atoms with Gasteiger partial charge in [0.15, 0.2) is 0 Å². The van der Waals surface area contributed by atoms with Gasteiger partial charge in [0, 0.05) is 6.04 Å². The zero-order valence-electron chi connectivity index (χ0n) is 7.96. The Bertz CT molecular complexity index is 172. The number of nitrogens with two attached hydrogens (primary N) is 2. The maximum Gasteiger partial charge on any atom is 0.238 e. The number of hydrogen-bond donors (Lipinski definition) is 3. The number of carbonyl (C=O) groups is 1. The predicted molar refractivity (Wildman–Crippen MR) is 51.5 cm³/mol. The lowest BCUT2D eigenvalue weighted by atomic mass is 9.87. The van der Waals surface area contributed by atoms with Crippen LogP contribution in [0, 0.1) is 5.92 Å². The monoisotopic (exact) mass is 185 g/mol. The Balaban J connectivity index is 2.50. The molecular weight excluding hydrogens is 166 g/mol. The van der Waals surface area contributed by atoms with E-state index in [9.17, 15) is 4.79 Å². The van der Waals surface area contributed by atoms with Crippen molar-refractivity contribution in [2.24, 2.45) is 17.5 Å². The second-order valence-corrected chi connectivity index (χ2v) is 3.77. The van der Waals surface area contributed by atoms with E-state index in [4.69, 9.17) is 11.6 Å². The molecule has 0 aromatic rings. The number of nitrogens with one attached hydrogen (secondary N) is 1. The normalized spacial score (nSPS) is 30.3. The van der Waals surface area contributed by atoms with Crippen LogP contribution in [0.25, 0.3) is 0 Å². The average molecular weight is 185 g/mol. The third-order valence-electron chi connectivity index (χ3n) is 2.80. The molecule has 2 unspecified atom stereocenters. The first-order valence-electron chi connectivity index (χ1n) is 5.01. The van der Waals surface area contributed by atoms with E-state index in [-0.39, 0.29) is 17.9 Å². The van der Waals surface area contributed by atoms with Crippen molar-refractivity contribution in [2.75, 3.05) is 0 Å². The van der Waals surface area contributed by atoms with Crippen LogP contribution < -0.4 is 17.0 Å². The Hall–Kier alpha value is -0.610. The van der Waals surface area contributed by atoms with Crippen LogP contribution in [0.15, 0.2) is 0 Å². The number of hydrogen-bond acceptors (Lipinski definition) is 3. The molecule has 0 aliphatic heterocycles. The van der Waals surface area contributed by atoms with E-state index in [1.54, 1.807) is 0 Å². The zero-order valence-corrected chi connectivity index (χ0v) is 7.96. The first kappa shape index (κ1) is 10.5. The highest BCUT2D eigenvalue weighted by Crippen LogP contribution is 2.21. The molecule has 4 heteroatoms. The van der Waals surface area contributed by atoms with Crippen molar-refractivity contribution in [1.29, 1.82) is 0 Å². The molecule has 0 spiro atoms. The third kappa shape index (κ3) is 2.97. The largest absolute Gasteiger partial charge is 0.327 e. The second kappa shape index (κ2) is 5.19. The highest BCUT2D eigenvalue weighted by Gasteiger charge is 2.25. The van der Waals surface area contributed by atoms with Gasteiger partial charge in [-0.05, 0) is 12.8 Å². The minimum atomic E-state index is -0.102. The molecule has 0 aromatic carbocycles. The number of carbonyl (C=O) groups excluding carboxylic acids is 1. The fraction of sp³-hybridized carbons (Fsp3) is 0.889. The first-order chi connectivity index (χ1) is 6.25. The molecule has 13 heavy (non-hydrogen) atoms. The van der Waals surface area contributed by atoms with Crippen LogP contribution in [0.5, 0.6) is 0 Å². The van der Waals surface area contributed by atoms with Crippen LogP contribution in [0.4, 0.5) is 0 Å². The lowest BCUT2D eigenvalue weighted by Gasteiger charge is -2.24. The van der Waals surface area contributed by atoms with Crippen molar-refractivity contribution in [1.82, 2.24) is 5.43 Å². The van der Waals surface area contributed by atoms with Crippen LogP contribution in [-0.2, 0) is 4.79 Å². The summed E-state index contributed by atoms with van der Waals surface area (Å²) in [5.74, 6) is 4.92. The molecule has 0 saturated heterocycles. The Morgan fingerprint density at radius 3 is 2.38 bits per heavy atom. The van der Waals surface area contributed by atoms with Crippen molar-refractivity contribution < 1.29 is 4.79 Å². The highest BCUT2D eigenvalue weighted by molar-refractivity contribution is 5.78. The van der Waals surface area contributed by atoms with Crippen LogP contribution in [0.1, 0.15) is 38.5 Å². The van der Waals surface area contributed by atoms with Crippen molar-refractivity contribution >= 4 is 5.91 Å². The number of amides is 1. The highest BCUT2D eigenvalue weighted by atomic mass is 16.2. The Morgan fingerprint density at radius 1 is 1.15 bits per heavy atom. The van der Waals surface area contributed by atoms with Crippen molar-refractivity contribution in [2.45, 2.75) is 44.6 Å². The van der Waals surface area contributed by atoms with E-state index in [1.165, 1.54) is 12.8 Å². The van der Waals surface area contributed by atoms with E-state index in [0.717, 1.165) is 25.7 Å². The molecule has 1 aliphatic carbocycles. The van der Waals surface area contributed by atoms with Gasteiger partial charge >= 0.3 is 0 Å². The standard InChI is InChI=1S/C9H19N3O/c10-8-6-4-2-1-3-5-7(8)9(13)12-11/h7-8H,1-6,10-11H2,(H,12,13). The average Bonchev–Trinajstić information content (AvgIpc) is 2.11. The maximum atomic E-state index is 11.3. The Morgan fingerprint density at radius 2 is 1.77 bits per heavy atom. The minimum Gasteiger partial charge on any atom is -0.327 e. The van der Waals surface area contributed by atoms with Gasteiger partial charge in [-0.2, -0.15) is 0 Å². The topological polar surface area (TPSA) is 81.1 Å². The molecule has 2 atom stereocenters. The number of rotatable bonds is 1. The summed E-state index contributed by atoms with van der Waals surface area (Å²) >= 11 is 0. The Labute approximate surface area is 79.0 Å². The van der Waals surface area contributed by atoms with Crippen LogP contribution in [-0.4, -0.2) is 11.9 Å².